The van der Waals surface area contributed by atoms with Crippen molar-refractivity contribution in [2.45, 2.75) is 6.92 Å². The molecule has 1 heterocycles. The van der Waals surface area contributed by atoms with Gasteiger partial charge in [-0.05, 0) is 52.7 Å². The first-order valence-corrected chi connectivity index (χ1v) is 6.72. The van der Waals surface area contributed by atoms with Crippen molar-refractivity contribution in [1.82, 2.24) is 0 Å². The van der Waals surface area contributed by atoms with Crippen LogP contribution in [0.3, 0.4) is 0 Å². The summed E-state index contributed by atoms with van der Waals surface area (Å²) in [7, 11) is 1.62. The van der Waals surface area contributed by atoms with Crippen LogP contribution in [-0.4, -0.2) is 12.9 Å². The highest BCUT2D eigenvalue weighted by molar-refractivity contribution is 9.11. The highest BCUT2D eigenvalue weighted by Gasteiger charge is 2.13. The second kappa shape index (κ2) is 5.02. The Morgan fingerprint density at radius 2 is 2.12 bits per heavy atom. The lowest BCUT2D eigenvalue weighted by Crippen LogP contribution is -2.02. The van der Waals surface area contributed by atoms with E-state index in [1.807, 2.05) is 36.6 Å². The average molecular weight is 311 g/mol. The van der Waals surface area contributed by atoms with Gasteiger partial charge in [0.25, 0.3) is 0 Å². The third kappa shape index (κ3) is 2.58. The molecule has 1 aromatic carbocycles. The normalized spacial score (nSPS) is 10.3. The summed E-state index contributed by atoms with van der Waals surface area (Å²) in [5, 5.41) is 1.86. The third-order valence-electron chi connectivity index (χ3n) is 2.51. The zero-order valence-corrected chi connectivity index (χ0v) is 11.9. The van der Waals surface area contributed by atoms with Crippen LogP contribution < -0.4 is 4.74 Å². The van der Waals surface area contributed by atoms with Gasteiger partial charge in [0, 0.05) is 16.5 Å². The van der Waals surface area contributed by atoms with Crippen LogP contribution >= 0.6 is 27.3 Å². The fourth-order valence-electron chi connectivity index (χ4n) is 1.60. The van der Waals surface area contributed by atoms with Crippen LogP contribution in [0.1, 0.15) is 21.5 Å². The molecule has 4 heteroatoms. The summed E-state index contributed by atoms with van der Waals surface area (Å²) in [4.78, 5) is 12.2. The highest BCUT2D eigenvalue weighted by Crippen LogP contribution is 2.25. The molecule has 0 unspecified atom stereocenters. The van der Waals surface area contributed by atoms with E-state index in [0.29, 0.717) is 0 Å². The number of carbonyl (C=O) groups excluding carboxylic acids is 1. The van der Waals surface area contributed by atoms with Gasteiger partial charge in [0.2, 0.25) is 0 Å². The van der Waals surface area contributed by atoms with E-state index in [0.717, 1.165) is 26.2 Å². The summed E-state index contributed by atoms with van der Waals surface area (Å²) in [5.74, 6) is 0.817. The molecule has 1 aromatic heterocycles. The Morgan fingerprint density at radius 3 is 2.65 bits per heavy atom. The molecule has 0 aliphatic carbocycles. The minimum absolute atomic E-state index is 0.0482. The number of rotatable bonds is 3. The smallest absolute Gasteiger partial charge is 0.194 e. The summed E-state index contributed by atoms with van der Waals surface area (Å²) in [6, 6.07) is 7.33. The van der Waals surface area contributed by atoms with E-state index in [2.05, 4.69) is 15.9 Å². The molecule has 2 aromatic rings. The molecule has 0 N–H and O–H groups in total. The number of halogens is 1. The van der Waals surface area contributed by atoms with Gasteiger partial charge in [-0.15, -0.1) is 11.3 Å². The Morgan fingerprint density at radius 1 is 1.35 bits per heavy atom. The first-order valence-electron chi connectivity index (χ1n) is 5.05. The van der Waals surface area contributed by atoms with Crippen molar-refractivity contribution in [2.24, 2.45) is 0 Å². The number of aryl methyl sites for hydroxylation is 1. The summed E-state index contributed by atoms with van der Waals surface area (Å²) in [6.45, 7) is 1.91. The lowest BCUT2D eigenvalue weighted by molar-refractivity contribution is 0.103. The molecule has 0 radical (unpaired) electrons. The quantitative estimate of drug-likeness (QED) is 0.799. The SMILES string of the molecule is COc1ccc(C(=O)c2csc(Br)c2)c(C)c1. The Balaban J connectivity index is 2.37. The van der Waals surface area contributed by atoms with Gasteiger partial charge >= 0.3 is 0 Å². The maximum absolute atomic E-state index is 12.2. The summed E-state index contributed by atoms with van der Waals surface area (Å²) in [6.07, 6.45) is 0. The predicted molar refractivity (Wildman–Crippen MR) is 73.2 cm³/mol. The van der Waals surface area contributed by atoms with Gasteiger partial charge in [0.1, 0.15) is 5.75 Å². The fraction of sp³-hybridized carbons (Fsp3) is 0.154. The zero-order valence-electron chi connectivity index (χ0n) is 9.49. The molecule has 0 fully saturated rings. The number of thiophene rings is 1. The van der Waals surface area contributed by atoms with Gasteiger partial charge < -0.3 is 4.74 Å². The van der Waals surface area contributed by atoms with Crippen molar-refractivity contribution in [1.29, 1.82) is 0 Å². The first kappa shape index (κ1) is 12.3. The highest BCUT2D eigenvalue weighted by atomic mass is 79.9. The molecule has 0 aliphatic rings. The molecular weight excluding hydrogens is 300 g/mol. The fourth-order valence-corrected chi connectivity index (χ4v) is 2.74. The molecule has 0 amide bonds. The molecule has 0 aliphatic heterocycles. The van der Waals surface area contributed by atoms with Gasteiger partial charge in [-0.2, -0.15) is 0 Å². The minimum Gasteiger partial charge on any atom is -0.497 e. The number of hydrogen-bond donors (Lipinski definition) is 0. The van der Waals surface area contributed by atoms with E-state index in [1.54, 1.807) is 7.11 Å². The summed E-state index contributed by atoms with van der Waals surface area (Å²) < 4.78 is 6.09. The molecule has 0 bridgehead atoms. The van der Waals surface area contributed by atoms with Crippen molar-refractivity contribution in [3.05, 3.63) is 50.1 Å². The molecule has 88 valence electrons. The van der Waals surface area contributed by atoms with Crippen LogP contribution in [0.5, 0.6) is 5.75 Å². The van der Waals surface area contributed by atoms with E-state index in [-0.39, 0.29) is 5.78 Å². The molecule has 0 spiro atoms. The van der Waals surface area contributed by atoms with Crippen molar-refractivity contribution < 1.29 is 9.53 Å². The number of hydrogen-bond acceptors (Lipinski definition) is 3. The zero-order chi connectivity index (χ0) is 12.4. The number of ether oxygens (including phenoxy) is 1. The standard InChI is InChI=1S/C13H11BrO2S/c1-8-5-10(16-2)3-4-11(8)13(15)9-6-12(14)17-7-9/h3-7H,1-2H3. The van der Waals surface area contributed by atoms with Gasteiger partial charge in [-0.1, -0.05) is 0 Å². The molecule has 2 rings (SSSR count). The van der Waals surface area contributed by atoms with E-state index in [9.17, 15) is 4.79 Å². The average Bonchev–Trinajstić information content (AvgIpc) is 2.75. The lowest BCUT2D eigenvalue weighted by Gasteiger charge is -2.06. The Labute approximate surface area is 112 Å². The maximum Gasteiger partial charge on any atom is 0.194 e. The van der Waals surface area contributed by atoms with Crippen LogP contribution in [0, 0.1) is 6.92 Å². The van der Waals surface area contributed by atoms with Gasteiger partial charge in [-0.3, -0.25) is 4.79 Å². The van der Waals surface area contributed by atoms with Gasteiger partial charge in [0.15, 0.2) is 5.78 Å². The third-order valence-corrected chi connectivity index (χ3v) is 4.01. The number of carbonyl (C=O) groups is 1. The number of methoxy groups -OCH3 is 1. The van der Waals surface area contributed by atoms with Crippen LogP contribution in [0.4, 0.5) is 0 Å². The van der Waals surface area contributed by atoms with E-state index >= 15 is 0 Å². The van der Waals surface area contributed by atoms with Crippen molar-refractivity contribution in [3.63, 3.8) is 0 Å². The molecule has 0 atom stereocenters. The van der Waals surface area contributed by atoms with E-state index in [4.69, 9.17) is 4.74 Å². The van der Waals surface area contributed by atoms with Gasteiger partial charge in [0.05, 0.1) is 10.9 Å². The van der Waals surface area contributed by atoms with Crippen LogP contribution in [0.15, 0.2) is 33.4 Å². The lowest BCUT2D eigenvalue weighted by atomic mass is 10.0. The second-order valence-corrected chi connectivity index (χ2v) is 5.94. The van der Waals surface area contributed by atoms with Gasteiger partial charge in [-0.25, -0.2) is 0 Å². The van der Waals surface area contributed by atoms with Crippen molar-refractivity contribution >= 4 is 33.0 Å². The number of benzene rings is 1. The minimum atomic E-state index is 0.0482. The molecule has 2 nitrogen and oxygen atoms in total. The summed E-state index contributed by atoms with van der Waals surface area (Å²) >= 11 is 4.87. The van der Waals surface area contributed by atoms with Crippen molar-refractivity contribution in [3.8, 4) is 5.75 Å². The second-order valence-electron chi connectivity index (χ2n) is 3.65. The molecular formula is C13H11BrO2S. The first-order chi connectivity index (χ1) is 8.11. The monoisotopic (exact) mass is 310 g/mol. The Kier molecular flexibility index (Phi) is 3.64. The Bertz CT molecular complexity index is 560. The van der Waals surface area contributed by atoms with Crippen LogP contribution in [-0.2, 0) is 0 Å². The predicted octanol–water partition coefficient (Wildman–Crippen LogP) is 4.06. The maximum atomic E-state index is 12.2. The Hall–Kier alpha value is -1.13. The number of ketones is 1. The molecule has 17 heavy (non-hydrogen) atoms. The molecule has 0 saturated heterocycles. The van der Waals surface area contributed by atoms with E-state index in [1.165, 1.54) is 11.3 Å². The van der Waals surface area contributed by atoms with Crippen LogP contribution in [0.25, 0.3) is 0 Å². The topological polar surface area (TPSA) is 26.3 Å². The summed E-state index contributed by atoms with van der Waals surface area (Å²) in [5.41, 5.74) is 2.36. The van der Waals surface area contributed by atoms with Crippen LogP contribution in [0.2, 0.25) is 0 Å². The van der Waals surface area contributed by atoms with Crippen molar-refractivity contribution in [2.75, 3.05) is 7.11 Å². The van der Waals surface area contributed by atoms with E-state index < -0.39 is 0 Å². The largest absolute Gasteiger partial charge is 0.497 e. The molecule has 0 saturated carbocycles.